The van der Waals surface area contributed by atoms with Gasteiger partial charge in [-0.3, -0.25) is 14.6 Å². The van der Waals surface area contributed by atoms with Gasteiger partial charge in [0.1, 0.15) is 23.3 Å². The molecule has 1 saturated heterocycles. The number of carbonyl (C=O) groups is 2. The Bertz CT molecular complexity index is 1170. The summed E-state index contributed by atoms with van der Waals surface area (Å²) in [6.07, 6.45) is 4.74. The summed E-state index contributed by atoms with van der Waals surface area (Å²) in [6, 6.07) is 9.64. The number of aliphatic hydroxyl groups excluding tert-OH is 1. The number of pyridine rings is 1. The van der Waals surface area contributed by atoms with E-state index in [1.54, 1.807) is 49.8 Å². The maximum atomic E-state index is 13.1. The summed E-state index contributed by atoms with van der Waals surface area (Å²) >= 11 is 0. The Morgan fingerprint density at radius 1 is 1.19 bits per heavy atom. The Hall–Kier alpha value is -3.87. The number of ether oxygens (including phenoxy) is 1. The van der Waals surface area contributed by atoms with Crippen LogP contribution in [-0.4, -0.2) is 33.8 Å². The van der Waals surface area contributed by atoms with Gasteiger partial charge < -0.3 is 19.2 Å². The molecular weight excluding hydrogens is 396 g/mol. The van der Waals surface area contributed by atoms with Gasteiger partial charge in [0.2, 0.25) is 0 Å². The predicted octanol–water partition coefficient (Wildman–Crippen LogP) is 3.92. The largest absolute Gasteiger partial charge is 0.507 e. The lowest BCUT2D eigenvalue weighted by atomic mass is 9.95. The number of ketones is 1. The molecule has 4 rings (SSSR count). The predicted molar refractivity (Wildman–Crippen MR) is 113 cm³/mol. The standard InChI is InChI=1S/C24H22N2O5/c1-14-11-19(30-3)15(2)10-17(14)22(27)20-21(18-7-5-9-31-18)26(24(29)23(20)28)13-16-6-4-8-25-12-16/h4-12,21,27H,13H2,1-3H3/b22-20-. The second kappa shape index (κ2) is 8.10. The van der Waals surface area contributed by atoms with Crippen molar-refractivity contribution in [2.24, 2.45) is 0 Å². The van der Waals surface area contributed by atoms with Crippen LogP contribution in [0, 0.1) is 13.8 Å². The molecule has 3 heterocycles. The highest BCUT2D eigenvalue weighted by Gasteiger charge is 2.47. The molecule has 1 fully saturated rings. The van der Waals surface area contributed by atoms with Gasteiger partial charge in [0, 0.05) is 24.5 Å². The number of benzene rings is 1. The number of hydrogen-bond acceptors (Lipinski definition) is 6. The molecule has 0 saturated carbocycles. The monoisotopic (exact) mass is 418 g/mol. The van der Waals surface area contributed by atoms with Crippen molar-refractivity contribution in [2.45, 2.75) is 26.4 Å². The van der Waals surface area contributed by atoms with E-state index in [4.69, 9.17) is 9.15 Å². The van der Waals surface area contributed by atoms with Gasteiger partial charge in [0.25, 0.3) is 11.7 Å². The zero-order chi connectivity index (χ0) is 22.1. The number of Topliss-reactive ketones (excluding diaryl/α,β-unsaturated/α-hetero) is 1. The number of amides is 1. The quantitative estimate of drug-likeness (QED) is 0.384. The lowest BCUT2D eigenvalue weighted by Gasteiger charge is -2.23. The molecule has 1 amide bonds. The van der Waals surface area contributed by atoms with Crippen LogP contribution < -0.4 is 4.74 Å². The van der Waals surface area contributed by atoms with E-state index >= 15 is 0 Å². The first-order valence-electron chi connectivity index (χ1n) is 9.78. The molecule has 3 aromatic rings. The average Bonchev–Trinajstić information content (AvgIpc) is 3.38. The van der Waals surface area contributed by atoms with E-state index < -0.39 is 17.7 Å². The summed E-state index contributed by atoms with van der Waals surface area (Å²) < 4.78 is 10.9. The fourth-order valence-electron chi connectivity index (χ4n) is 3.88. The van der Waals surface area contributed by atoms with Crippen molar-refractivity contribution in [3.05, 3.63) is 88.6 Å². The van der Waals surface area contributed by atoms with Gasteiger partial charge in [-0.05, 0) is 60.9 Å². The number of furan rings is 1. The molecule has 1 aliphatic rings. The molecule has 1 atom stereocenters. The summed E-state index contributed by atoms with van der Waals surface area (Å²) in [7, 11) is 1.57. The first-order chi connectivity index (χ1) is 14.9. The number of nitrogens with zero attached hydrogens (tertiary/aromatic N) is 2. The topological polar surface area (TPSA) is 92.9 Å². The minimum absolute atomic E-state index is 0.00323. The first-order valence-corrected chi connectivity index (χ1v) is 9.78. The highest BCUT2D eigenvalue weighted by atomic mass is 16.5. The lowest BCUT2D eigenvalue weighted by molar-refractivity contribution is -0.140. The number of methoxy groups -OCH3 is 1. The molecule has 1 N–H and O–H groups in total. The minimum atomic E-state index is -0.850. The second-order valence-corrected chi connectivity index (χ2v) is 7.44. The van der Waals surface area contributed by atoms with Crippen LogP contribution in [0.4, 0.5) is 0 Å². The molecule has 1 aromatic carbocycles. The van der Waals surface area contributed by atoms with Crippen molar-refractivity contribution in [3.8, 4) is 5.75 Å². The van der Waals surface area contributed by atoms with Gasteiger partial charge in [-0.25, -0.2) is 0 Å². The van der Waals surface area contributed by atoms with E-state index in [-0.39, 0.29) is 17.9 Å². The van der Waals surface area contributed by atoms with Gasteiger partial charge in [-0.2, -0.15) is 0 Å². The van der Waals surface area contributed by atoms with Crippen LogP contribution in [0.15, 0.2) is 65.0 Å². The number of carbonyl (C=O) groups excluding carboxylic acids is 2. The summed E-state index contributed by atoms with van der Waals surface area (Å²) in [5.41, 5.74) is 2.74. The first kappa shape index (κ1) is 20.4. The van der Waals surface area contributed by atoms with Crippen molar-refractivity contribution >= 4 is 17.4 Å². The van der Waals surface area contributed by atoms with Gasteiger partial charge in [0.05, 0.1) is 18.9 Å². The molecule has 7 heteroatoms. The molecule has 2 aromatic heterocycles. The van der Waals surface area contributed by atoms with Crippen LogP contribution in [0.1, 0.15) is 34.1 Å². The SMILES string of the molecule is COc1cc(C)c(/C(O)=C2/C(=O)C(=O)N(Cc3cccnc3)C2c2ccco2)cc1C. The molecule has 0 radical (unpaired) electrons. The zero-order valence-electron chi connectivity index (χ0n) is 17.5. The third-order valence-corrected chi connectivity index (χ3v) is 5.43. The van der Waals surface area contributed by atoms with Gasteiger partial charge in [0.15, 0.2) is 0 Å². The number of hydrogen-bond donors (Lipinski definition) is 1. The Balaban J connectivity index is 1.87. The fourth-order valence-corrected chi connectivity index (χ4v) is 3.88. The van der Waals surface area contributed by atoms with Crippen molar-refractivity contribution in [2.75, 3.05) is 7.11 Å². The molecular formula is C24H22N2O5. The van der Waals surface area contributed by atoms with Crippen LogP contribution in [0.3, 0.4) is 0 Å². The smallest absolute Gasteiger partial charge is 0.296 e. The zero-order valence-corrected chi connectivity index (χ0v) is 17.5. The molecule has 158 valence electrons. The lowest BCUT2D eigenvalue weighted by Crippen LogP contribution is -2.29. The number of aliphatic hydroxyl groups is 1. The fraction of sp³-hybridized carbons (Fsp3) is 0.208. The normalized spacial score (nSPS) is 17.9. The maximum Gasteiger partial charge on any atom is 0.296 e. The molecule has 7 nitrogen and oxygen atoms in total. The molecule has 31 heavy (non-hydrogen) atoms. The highest BCUT2D eigenvalue weighted by molar-refractivity contribution is 6.46. The Kier molecular flexibility index (Phi) is 5.33. The van der Waals surface area contributed by atoms with Gasteiger partial charge in [-0.1, -0.05) is 6.07 Å². The maximum absolute atomic E-state index is 13.1. The molecule has 1 unspecified atom stereocenters. The van der Waals surface area contributed by atoms with E-state index in [2.05, 4.69) is 4.98 Å². The van der Waals surface area contributed by atoms with Crippen LogP contribution in [0.25, 0.3) is 5.76 Å². The van der Waals surface area contributed by atoms with Crippen molar-refractivity contribution in [1.29, 1.82) is 0 Å². The molecule has 0 aliphatic carbocycles. The van der Waals surface area contributed by atoms with E-state index in [0.717, 1.165) is 16.7 Å². The van der Waals surface area contributed by atoms with Crippen LogP contribution >= 0.6 is 0 Å². The van der Waals surface area contributed by atoms with Crippen LogP contribution in [0.2, 0.25) is 0 Å². The summed E-state index contributed by atoms with van der Waals surface area (Å²) in [6.45, 7) is 3.81. The number of aromatic nitrogens is 1. The van der Waals surface area contributed by atoms with E-state index in [1.807, 2.05) is 19.9 Å². The van der Waals surface area contributed by atoms with Gasteiger partial charge >= 0.3 is 0 Å². The van der Waals surface area contributed by atoms with Crippen LogP contribution in [0.5, 0.6) is 5.75 Å². The Labute approximate surface area is 179 Å². The average molecular weight is 418 g/mol. The number of likely N-dealkylation sites (tertiary alicyclic amines) is 1. The van der Waals surface area contributed by atoms with Crippen molar-refractivity contribution in [1.82, 2.24) is 9.88 Å². The van der Waals surface area contributed by atoms with E-state index in [1.165, 1.54) is 11.2 Å². The number of rotatable bonds is 5. The third kappa shape index (κ3) is 3.59. The van der Waals surface area contributed by atoms with E-state index in [9.17, 15) is 14.7 Å². The molecule has 0 spiro atoms. The van der Waals surface area contributed by atoms with E-state index in [0.29, 0.717) is 17.1 Å². The number of aryl methyl sites for hydroxylation is 2. The summed E-state index contributed by atoms with van der Waals surface area (Å²) in [4.78, 5) is 31.5. The second-order valence-electron chi connectivity index (χ2n) is 7.44. The van der Waals surface area contributed by atoms with Crippen molar-refractivity contribution in [3.63, 3.8) is 0 Å². The summed E-state index contributed by atoms with van der Waals surface area (Å²) in [5.74, 6) is -0.622. The van der Waals surface area contributed by atoms with Crippen molar-refractivity contribution < 1.29 is 23.8 Å². The third-order valence-electron chi connectivity index (χ3n) is 5.43. The molecule has 0 bridgehead atoms. The summed E-state index contributed by atoms with van der Waals surface area (Å²) in [5, 5.41) is 11.2. The van der Waals surface area contributed by atoms with Crippen LogP contribution in [-0.2, 0) is 16.1 Å². The van der Waals surface area contributed by atoms with Gasteiger partial charge in [-0.15, -0.1) is 0 Å². The Morgan fingerprint density at radius 3 is 2.65 bits per heavy atom. The highest BCUT2D eigenvalue weighted by Crippen LogP contribution is 2.41. The molecule has 1 aliphatic heterocycles. The Morgan fingerprint density at radius 2 is 2.00 bits per heavy atom. The minimum Gasteiger partial charge on any atom is -0.507 e.